The van der Waals surface area contributed by atoms with E-state index in [1.54, 1.807) is 29.5 Å². The van der Waals surface area contributed by atoms with E-state index in [2.05, 4.69) is 20.1 Å². The standard InChI is InChI=1S/C16H16N6O2S/c1-21-14-2-5-22(16(23)13-9-25-10-19-13)7-11(14)12(20-21)8-24-15-6-17-3-4-18-15/h3-4,6,9-10H,2,5,7-8H2,1H3. The molecule has 3 aromatic rings. The summed E-state index contributed by atoms with van der Waals surface area (Å²) in [6, 6.07) is 0. The van der Waals surface area contributed by atoms with E-state index in [1.807, 2.05) is 16.6 Å². The minimum absolute atomic E-state index is 0.0449. The van der Waals surface area contributed by atoms with Crippen molar-refractivity contribution >= 4 is 17.2 Å². The summed E-state index contributed by atoms with van der Waals surface area (Å²) in [5, 5.41) is 6.33. The SMILES string of the molecule is Cn1nc(COc2cnccn2)c2c1CCN(C(=O)c1cscn1)C2. The number of carbonyl (C=O) groups excluding carboxylic acids is 1. The number of aromatic nitrogens is 5. The number of aryl methyl sites for hydroxylation is 1. The Labute approximate surface area is 148 Å². The fourth-order valence-corrected chi connectivity index (χ4v) is 3.47. The van der Waals surface area contributed by atoms with Gasteiger partial charge in [0, 0.05) is 55.6 Å². The lowest BCUT2D eigenvalue weighted by Crippen LogP contribution is -2.36. The summed E-state index contributed by atoms with van der Waals surface area (Å²) in [5.41, 5.74) is 5.17. The number of thiazole rings is 1. The van der Waals surface area contributed by atoms with Crippen molar-refractivity contribution in [2.75, 3.05) is 6.54 Å². The highest BCUT2D eigenvalue weighted by Gasteiger charge is 2.28. The van der Waals surface area contributed by atoms with Gasteiger partial charge in [0.25, 0.3) is 5.91 Å². The molecule has 0 atom stereocenters. The molecule has 0 aromatic carbocycles. The zero-order valence-electron chi connectivity index (χ0n) is 13.6. The first-order valence-corrected chi connectivity index (χ1v) is 8.76. The van der Waals surface area contributed by atoms with E-state index in [-0.39, 0.29) is 5.91 Å². The summed E-state index contributed by atoms with van der Waals surface area (Å²) in [6.07, 6.45) is 5.50. The molecule has 0 radical (unpaired) electrons. The Kier molecular flexibility index (Phi) is 4.14. The van der Waals surface area contributed by atoms with Crippen LogP contribution in [0.5, 0.6) is 5.88 Å². The van der Waals surface area contributed by atoms with Crippen molar-refractivity contribution < 1.29 is 9.53 Å². The molecule has 0 aliphatic carbocycles. The highest BCUT2D eigenvalue weighted by Crippen LogP contribution is 2.24. The molecule has 3 aromatic heterocycles. The first-order chi connectivity index (χ1) is 12.2. The van der Waals surface area contributed by atoms with E-state index in [4.69, 9.17) is 4.74 Å². The highest BCUT2D eigenvalue weighted by atomic mass is 32.1. The zero-order chi connectivity index (χ0) is 17.2. The molecule has 0 spiro atoms. The summed E-state index contributed by atoms with van der Waals surface area (Å²) < 4.78 is 7.55. The van der Waals surface area contributed by atoms with Crippen LogP contribution in [0.3, 0.4) is 0 Å². The molecule has 4 rings (SSSR count). The van der Waals surface area contributed by atoms with Gasteiger partial charge in [-0.15, -0.1) is 11.3 Å². The average Bonchev–Trinajstić information content (AvgIpc) is 3.29. The second-order valence-electron chi connectivity index (χ2n) is 5.68. The van der Waals surface area contributed by atoms with Crippen LogP contribution >= 0.6 is 11.3 Å². The topological polar surface area (TPSA) is 86.0 Å². The molecule has 0 unspecified atom stereocenters. The molecule has 0 saturated carbocycles. The lowest BCUT2D eigenvalue weighted by Gasteiger charge is -2.27. The lowest BCUT2D eigenvalue weighted by molar-refractivity contribution is 0.0727. The quantitative estimate of drug-likeness (QED) is 0.703. The average molecular weight is 356 g/mol. The van der Waals surface area contributed by atoms with Crippen LogP contribution in [0, 0.1) is 0 Å². The van der Waals surface area contributed by atoms with Crippen LogP contribution in [0.2, 0.25) is 0 Å². The van der Waals surface area contributed by atoms with Gasteiger partial charge in [0.2, 0.25) is 5.88 Å². The number of amides is 1. The minimum atomic E-state index is -0.0449. The van der Waals surface area contributed by atoms with Crippen molar-refractivity contribution in [3.05, 3.63) is 52.1 Å². The van der Waals surface area contributed by atoms with Crippen LogP contribution in [0.25, 0.3) is 0 Å². The van der Waals surface area contributed by atoms with Gasteiger partial charge in [-0.2, -0.15) is 5.10 Å². The number of ether oxygens (including phenoxy) is 1. The van der Waals surface area contributed by atoms with Crippen molar-refractivity contribution in [1.82, 2.24) is 29.6 Å². The van der Waals surface area contributed by atoms with Crippen LogP contribution in [0.1, 0.15) is 27.4 Å². The Balaban J connectivity index is 1.53. The Morgan fingerprint density at radius 3 is 3.04 bits per heavy atom. The van der Waals surface area contributed by atoms with E-state index in [0.29, 0.717) is 31.3 Å². The number of rotatable bonds is 4. The molecule has 9 heteroatoms. The Bertz CT molecular complexity index is 878. The molecule has 0 fully saturated rings. The van der Waals surface area contributed by atoms with E-state index in [9.17, 15) is 4.79 Å². The van der Waals surface area contributed by atoms with Crippen LogP contribution in [-0.2, 0) is 26.6 Å². The summed E-state index contributed by atoms with van der Waals surface area (Å²) in [6.45, 7) is 1.46. The second-order valence-corrected chi connectivity index (χ2v) is 6.40. The fourth-order valence-electron chi connectivity index (χ4n) is 2.94. The normalized spacial score (nSPS) is 13.6. The molecule has 128 valence electrons. The molecule has 25 heavy (non-hydrogen) atoms. The van der Waals surface area contributed by atoms with Crippen molar-refractivity contribution in [1.29, 1.82) is 0 Å². The summed E-state index contributed by atoms with van der Waals surface area (Å²) in [4.78, 5) is 26.6. The van der Waals surface area contributed by atoms with Gasteiger partial charge in [-0.25, -0.2) is 9.97 Å². The number of hydrogen-bond acceptors (Lipinski definition) is 7. The molecular weight excluding hydrogens is 340 g/mol. The van der Waals surface area contributed by atoms with Gasteiger partial charge >= 0.3 is 0 Å². The number of fused-ring (bicyclic) bond motifs is 1. The largest absolute Gasteiger partial charge is 0.470 e. The maximum Gasteiger partial charge on any atom is 0.273 e. The fraction of sp³-hybridized carbons (Fsp3) is 0.312. The molecular formula is C16H16N6O2S. The third-order valence-electron chi connectivity index (χ3n) is 4.16. The minimum Gasteiger partial charge on any atom is -0.470 e. The first-order valence-electron chi connectivity index (χ1n) is 7.82. The van der Waals surface area contributed by atoms with Gasteiger partial charge in [0.05, 0.1) is 11.7 Å². The Morgan fingerprint density at radius 2 is 2.28 bits per heavy atom. The van der Waals surface area contributed by atoms with Crippen LogP contribution in [-0.4, -0.2) is 42.1 Å². The van der Waals surface area contributed by atoms with Crippen LogP contribution in [0.4, 0.5) is 0 Å². The summed E-state index contributed by atoms with van der Waals surface area (Å²) in [5.74, 6) is 0.407. The van der Waals surface area contributed by atoms with Crippen molar-refractivity contribution in [2.45, 2.75) is 19.6 Å². The van der Waals surface area contributed by atoms with E-state index < -0.39 is 0 Å². The van der Waals surface area contributed by atoms with Crippen molar-refractivity contribution in [3.8, 4) is 5.88 Å². The summed E-state index contributed by atoms with van der Waals surface area (Å²) in [7, 11) is 1.92. The third-order valence-corrected chi connectivity index (χ3v) is 4.75. The molecule has 1 aliphatic heterocycles. The van der Waals surface area contributed by atoms with E-state index in [1.165, 1.54) is 11.3 Å². The molecule has 0 N–H and O–H groups in total. The zero-order valence-corrected chi connectivity index (χ0v) is 14.4. The molecule has 4 heterocycles. The van der Waals surface area contributed by atoms with Gasteiger partial charge in [0.15, 0.2) is 0 Å². The van der Waals surface area contributed by atoms with Gasteiger partial charge in [-0.3, -0.25) is 14.5 Å². The molecule has 1 amide bonds. The molecule has 1 aliphatic rings. The summed E-state index contributed by atoms with van der Waals surface area (Å²) >= 11 is 1.42. The Hall–Kier alpha value is -2.81. The maximum absolute atomic E-state index is 12.6. The third kappa shape index (κ3) is 3.10. The lowest BCUT2D eigenvalue weighted by atomic mass is 10.0. The predicted molar refractivity (Wildman–Crippen MR) is 90.1 cm³/mol. The van der Waals surface area contributed by atoms with Gasteiger partial charge in [-0.05, 0) is 0 Å². The van der Waals surface area contributed by atoms with Crippen molar-refractivity contribution in [3.63, 3.8) is 0 Å². The van der Waals surface area contributed by atoms with Crippen LogP contribution in [0.15, 0.2) is 29.5 Å². The van der Waals surface area contributed by atoms with Gasteiger partial charge in [-0.1, -0.05) is 0 Å². The van der Waals surface area contributed by atoms with Gasteiger partial charge < -0.3 is 9.64 Å². The molecule has 0 bridgehead atoms. The maximum atomic E-state index is 12.6. The monoisotopic (exact) mass is 356 g/mol. The van der Waals surface area contributed by atoms with E-state index >= 15 is 0 Å². The number of hydrogen-bond donors (Lipinski definition) is 0. The molecule has 0 saturated heterocycles. The number of nitrogens with zero attached hydrogens (tertiary/aromatic N) is 6. The highest BCUT2D eigenvalue weighted by molar-refractivity contribution is 7.07. The van der Waals surface area contributed by atoms with Gasteiger partial charge in [0.1, 0.15) is 18.0 Å². The van der Waals surface area contributed by atoms with E-state index in [0.717, 1.165) is 23.4 Å². The second kappa shape index (κ2) is 6.60. The predicted octanol–water partition coefficient (Wildman–Crippen LogP) is 1.44. The smallest absolute Gasteiger partial charge is 0.273 e. The van der Waals surface area contributed by atoms with Crippen molar-refractivity contribution in [2.24, 2.45) is 7.05 Å². The Morgan fingerprint density at radius 1 is 1.36 bits per heavy atom. The first kappa shape index (κ1) is 15.7. The van der Waals surface area contributed by atoms with Crippen LogP contribution < -0.4 is 4.74 Å². The molecule has 8 nitrogen and oxygen atoms in total. The number of carbonyl (C=O) groups is 1.